The molecule has 26 heavy (non-hydrogen) atoms. The third-order valence-corrected chi connectivity index (χ3v) is 5.27. The van der Waals surface area contributed by atoms with Crippen molar-refractivity contribution in [2.24, 2.45) is 0 Å². The fourth-order valence-electron chi connectivity index (χ4n) is 4.05. The molecule has 0 N–H and O–H groups in total. The van der Waals surface area contributed by atoms with Gasteiger partial charge in [-0.2, -0.15) is 0 Å². The SMILES string of the molecule is Cc1cc(C)nc(C2CN(Cc3ccccc3N3CCCC3)CCO2)n1. The van der Waals surface area contributed by atoms with Gasteiger partial charge >= 0.3 is 0 Å². The summed E-state index contributed by atoms with van der Waals surface area (Å²) in [6, 6.07) is 10.9. The van der Waals surface area contributed by atoms with E-state index in [1.165, 1.54) is 37.2 Å². The van der Waals surface area contributed by atoms with Crippen LogP contribution in [0.25, 0.3) is 0 Å². The molecule has 1 aromatic carbocycles. The van der Waals surface area contributed by atoms with E-state index >= 15 is 0 Å². The van der Waals surface area contributed by atoms with Crippen LogP contribution < -0.4 is 4.90 Å². The van der Waals surface area contributed by atoms with Crippen LogP contribution in [0.3, 0.4) is 0 Å². The monoisotopic (exact) mass is 352 g/mol. The molecular weight excluding hydrogens is 324 g/mol. The predicted octanol–water partition coefficient (Wildman–Crippen LogP) is 3.27. The second kappa shape index (κ2) is 7.72. The van der Waals surface area contributed by atoms with Crippen molar-refractivity contribution in [3.63, 3.8) is 0 Å². The summed E-state index contributed by atoms with van der Waals surface area (Å²) in [6.45, 7) is 9.88. The normalized spacial score (nSPS) is 21.3. The highest BCUT2D eigenvalue weighted by Gasteiger charge is 2.25. The summed E-state index contributed by atoms with van der Waals surface area (Å²) in [7, 11) is 0. The number of nitrogens with zero attached hydrogens (tertiary/aromatic N) is 4. The topological polar surface area (TPSA) is 41.5 Å². The fourth-order valence-corrected chi connectivity index (χ4v) is 4.05. The van der Waals surface area contributed by atoms with Gasteiger partial charge in [0.15, 0.2) is 5.82 Å². The number of aryl methyl sites for hydroxylation is 2. The molecule has 0 saturated carbocycles. The highest BCUT2D eigenvalue weighted by molar-refractivity contribution is 5.54. The molecule has 5 nitrogen and oxygen atoms in total. The average molecular weight is 352 g/mol. The van der Waals surface area contributed by atoms with Gasteiger partial charge in [-0.1, -0.05) is 18.2 Å². The van der Waals surface area contributed by atoms with E-state index in [9.17, 15) is 0 Å². The lowest BCUT2D eigenvalue weighted by atomic mass is 10.1. The number of aromatic nitrogens is 2. The Morgan fingerprint density at radius 3 is 2.54 bits per heavy atom. The zero-order chi connectivity index (χ0) is 17.9. The van der Waals surface area contributed by atoms with Crippen LogP contribution in [0, 0.1) is 13.8 Å². The standard InChI is InChI=1S/C21H28N4O/c1-16-13-17(2)23-21(22-16)20-15-24(11-12-26-20)14-18-7-3-4-8-19(18)25-9-5-6-10-25/h3-4,7-8,13,20H,5-6,9-12,14-15H2,1-2H3. The van der Waals surface area contributed by atoms with Gasteiger partial charge in [-0.15, -0.1) is 0 Å². The Hall–Kier alpha value is -1.98. The minimum Gasteiger partial charge on any atom is -0.371 e. The van der Waals surface area contributed by atoms with Crippen molar-refractivity contribution in [3.8, 4) is 0 Å². The van der Waals surface area contributed by atoms with Gasteiger partial charge in [0, 0.05) is 49.8 Å². The number of para-hydroxylation sites is 1. The van der Waals surface area contributed by atoms with Crippen LogP contribution in [-0.2, 0) is 11.3 Å². The molecule has 0 bridgehead atoms. The Morgan fingerprint density at radius 1 is 1.04 bits per heavy atom. The fraction of sp³-hybridized carbons (Fsp3) is 0.524. The van der Waals surface area contributed by atoms with Gasteiger partial charge in [0.25, 0.3) is 0 Å². The lowest BCUT2D eigenvalue weighted by molar-refractivity contribution is -0.0373. The summed E-state index contributed by atoms with van der Waals surface area (Å²) in [6.07, 6.45) is 2.57. The molecule has 4 rings (SSSR count). The number of benzene rings is 1. The molecule has 1 atom stereocenters. The Bertz CT molecular complexity index is 737. The molecule has 2 aliphatic heterocycles. The van der Waals surface area contributed by atoms with Gasteiger partial charge < -0.3 is 9.64 Å². The van der Waals surface area contributed by atoms with Crippen LogP contribution in [-0.4, -0.2) is 47.7 Å². The number of hydrogen-bond donors (Lipinski definition) is 0. The Balaban J connectivity index is 1.49. The van der Waals surface area contributed by atoms with Crippen molar-refractivity contribution in [1.29, 1.82) is 0 Å². The van der Waals surface area contributed by atoms with E-state index in [0.717, 1.165) is 43.5 Å². The third-order valence-electron chi connectivity index (χ3n) is 5.27. The second-order valence-corrected chi connectivity index (χ2v) is 7.43. The molecule has 5 heteroatoms. The smallest absolute Gasteiger partial charge is 0.158 e. The molecule has 0 spiro atoms. The highest BCUT2D eigenvalue weighted by Crippen LogP contribution is 2.27. The largest absolute Gasteiger partial charge is 0.371 e. The summed E-state index contributed by atoms with van der Waals surface area (Å²) in [5.74, 6) is 0.819. The highest BCUT2D eigenvalue weighted by atomic mass is 16.5. The van der Waals surface area contributed by atoms with Crippen molar-refractivity contribution in [2.45, 2.75) is 39.3 Å². The zero-order valence-corrected chi connectivity index (χ0v) is 15.8. The molecule has 3 heterocycles. The van der Waals surface area contributed by atoms with Crippen LogP contribution in [0.1, 0.15) is 41.7 Å². The average Bonchev–Trinajstić information content (AvgIpc) is 3.16. The van der Waals surface area contributed by atoms with E-state index in [0.29, 0.717) is 0 Å². The summed E-state index contributed by atoms with van der Waals surface area (Å²) in [4.78, 5) is 14.2. The van der Waals surface area contributed by atoms with Crippen molar-refractivity contribution in [3.05, 3.63) is 53.1 Å². The van der Waals surface area contributed by atoms with E-state index in [1.54, 1.807) is 0 Å². The minimum absolute atomic E-state index is 0.0405. The Morgan fingerprint density at radius 2 is 1.77 bits per heavy atom. The van der Waals surface area contributed by atoms with Crippen molar-refractivity contribution < 1.29 is 4.74 Å². The van der Waals surface area contributed by atoms with Crippen molar-refractivity contribution >= 4 is 5.69 Å². The van der Waals surface area contributed by atoms with Crippen LogP contribution in [0.4, 0.5) is 5.69 Å². The van der Waals surface area contributed by atoms with E-state index in [-0.39, 0.29) is 6.10 Å². The van der Waals surface area contributed by atoms with Gasteiger partial charge in [0.05, 0.1) is 6.61 Å². The molecule has 2 aromatic rings. The van der Waals surface area contributed by atoms with Crippen LogP contribution in [0.5, 0.6) is 0 Å². The molecule has 2 aliphatic rings. The van der Waals surface area contributed by atoms with Gasteiger partial charge in [-0.3, -0.25) is 4.90 Å². The number of morpholine rings is 1. The zero-order valence-electron chi connectivity index (χ0n) is 15.8. The molecule has 138 valence electrons. The summed E-state index contributed by atoms with van der Waals surface area (Å²) < 4.78 is 5.99. The number of hydrogen-bond acceptors (Lipinski definition) is 5. The van der Waals surface area contributed by atoms with E-state index in [1.807, 2.05) is 19.9 Å². The quantitative estimate of drug-likeness (QED) is 0.845. The minimum atomic E-state index is -0.0405. The van der Waals surface area contributed by atoms with Crippen LogP contribution in [0.15, 0.2) is 30.3 Å². The van der Waals surface area contributed by atoms with E-state index in [2.05, 4.69) is 44.0 Å². The first-order valence-electron chi connectivity index (χ1n) is 9.68. The van der Waals surface area contributed by atoms with Gasteiger partial charge in [0.1, 0.15) is 6.10 Å². The maximum Gasteiger partial charge on any atom is 0.158 e. The third kappa shape index (κ3) is 3.89. The van der Waals surface area contributed by atoms with Gasteiger partial charge in [0.2, 0.25) is 0 Å². The Labute approximate surface area is 156 Å². The number of rotatable bonds is 4. The van der Waals surface area contributed by atoms with Crippen LogP contribution in [0.2, 0.25) is 0 Å². The van der Waals surface area contributed by atoms with E-state index < -0.39 is 0 Å². The van der Waals surface area contributed by atoms with Gasteiger partial charge in [-0.05, 0) is 44.4 Å². The summed E-state index contributed by atoms with van der Waals surface area (Å²) in [5.41, 5.74) is 4.83. The molecule has 1 unspecified atom stereocenters. The lowest BCUT2D eigenvalue weighted by Crippen LogP contribution is -2.38. The maximum absolute atomic E-state index is 5.99. The second-order valence-electron chi connectivity index (χ2n) is 7.43. The van der Waals surface area contributed by atoms with Crippen molar-refractivity contribution in [1.82, 2.24) is 14.9 Å². The van der Waals surface area contributed by atoms with Gasteiger partial charge in [-0.25, -0.2) is 9.97 Å². The molecule has 0 aliphatic carbocycles. The first kappa shape index (κ1) is 17.4. The Kier molecular flexibility index (Phi) is 5.18. The lowest BCUT2D eigenvalue weighted by Gasteiger charge is -2.33. The van der Waals surface area contributed by atoms with Crippen molar-refractivity contribution in [2.75, 3.05) is 37.7 Å². The first-order chi connectivity index (χ1) is 12.7. The van der Waals surface area contributed by atoms with Crippen LogP contribution >= 0.6 is 0 Å². The predicted molar refractivity (Wildman–Crippen MR) is 103 cm³/mol. The number of ether oxygens (including phenoxy) is 1. The first-order valence-corrected chi connectivity index (χ1v) is 9.68. The maximum atomic E-state index is 5.99. The number of anilines is 1. The molecule has 0 amide bonds. The summed E-state index contributed by atoms with van der Waals surface area (Å²) in [5, 5.41) is 0. The molecule has 2 fully saturated rings. The molecule has 1 aromatic heterocycles. The molecule has 2 saturated heterocycles. The molecular formula is C21H28N4O. The summed E-state index contributed by atoms with van der Waals surface area (Å²) >= 11 is 0. The molecule has 0 radical (unpaired) electrons. The van der Waals surface area contributed by atoms with E-state index in [4.69, 9.17) is 4.74 Å².